The van der Waals surface area contributed by atoms with E-state index in [4.69, 9.17) is 0 Å². The topological polar surface area (TPSA) is 32.3 Å². The van der Waals surface area contributed by atoms with Gasteiger partial charge >= 0.3 is 0 Å². The lowest BCUT2D eigenvalue weighted by molar-refractivity contribution is 0.0994. The molecule has 1 fully saturated rings. The maximum Gasteiger partial charge on any atom is 0.0649 e. The Balaban J connectivity index is 1.58. The first-order chi connectivity index (χ1) is 9.22. The molecule has 1 aromatic heterocycles. The zero-order valence-electron chi connectivity index (χ0n) is 11.5. The number of aliphatic hydroxyl groups excluding tert-OH is 1. The van der Waals surface area contributed by atoms with Crippen LogP contribution >= 0.6 is 23.1 Å². The summed E-state index contributed by atoms with van der Waals surface area (Å²) in [6, 6.07) is 2.81. The highest BCUT2D eigenvalue weighted by molar-refractivity contribution is 8.01. The van der Waals surface area contributed by atoms with Crippen LogP contribution in [0.15, 0.2) is 15.7 Å². The Morgan fingerprint density at radius 1 is 1.37 bits per heavy atom. The van der Waals surface area contributed by atoms with Gasteiger partial charge in [-0.3, -0.25) is 0 Å². The highest BCUT2D eigenvalue weighted by atomic mass is 32.2. The first kappa shape index (κ1) is 13.9. The molecule has 2 heterocycles. The minimum atomic E-state index is -0.0573. The van der Waals surface area contributed by atoms with E-state index >= 15 is 0 Å². The Morgan fingerprint density at radius 3 is 3.11 bits per heavy atom. The zero-order valence-corrected chi connectivity index (χ0v) is 13.1. The SMILES string of the molecule is C[C@H]1CC(NCC2CCCC(O)C2)c2ccsc2S1. The maximum absolute atomic E-state index is 9.75. The van der Waals surface area contributed by atoms with E-state index in [1.165, 1.54) is 29.0 Å². The number of thioether (sulfide) groups is 1. The van der Waals surface area contributed by atoms with Crippen molar-refractivity contribution in [3.8, 4) is 0 Å². The van der Waals surface area contributed by atoms with E-state index in [0.717, 1.165) is 19.4 Å². The molecule has 3 rings (SSSR count). The maximum atomic E-state index is 9.75. The second-order valence-electron chi connectivity index (χ2n) is 5.97. The number of nitrogens with one attached hydrogen (secondary N) is 1. The minimum absolute atomic E-state index is 0.0573. The molecule has 2 aliphatic rings. The third kappa shape index (κ3) is 3.35. The van der Waals surface area contributed by atoms with Gasteiger partial charge in [0.05, 0.1) is 10.3 Å². The Labute approximate surface area is 124 Å². The van der Waals surface area contributed by atoms with Crippen molar-refractivity contribution in [2.24, 2.45) is 5.92 Å². The molecule has 0 aromatic carbocycles. The first-order valence-electron chi connectivity index (χ1n) is 7.38. The molecular formula is C15H23NOS2. The molecule has 0 saturated heterocycles. The predicted molar refractivity (Wildman–Crippen MR) is 83.0 cm³/mol. The van der Waals surface area contributed by atoms with Gasteiger partial charge in [-0.25, -0.2) is 0 Å². The van der Waals surface area contributed by atoms with Crippen molar-refractivity contribution in [2.75, 3.05) is 6.54 Å². The fourth-order valence-electron chi connectivity index (χ4n) is 3.30. The standard InChI is InChI=1S/C15H23NOS2/c1-10-7-14(13-5-6-18-15(13)19-10)16-9-11-3-2-4-12(17)8-11/h5-6,10-12,14,16-17H,2-4,7-9H2,1H3/t10-,11?,12?,14?/m0/s1. The third-order valence-electron chi connectivity index (χ3n) is 4.32. The largest absolute Gasteiger partial charge is 0.393 e. The van der Waals surface area contributed by atoms with Gasteiger partial charge in [-0.2, -0.15) is 0 Å². The minimum Gasteiger partial charge on any atom is -0.393 e. The van der Waals surface area contributed by atoms with Crippen molar-refractivity contribution < 1.29 is 5.11 Å². The monoisotopic (exact) mass is 297 g/mol. The normalized spacial score (nSPS) is 35.1. The molecule has 19 heavy (non-hydrogen) atoms. The average molecular weight is 297 g/mol. The molecule has 1 saturated carbocycles. The number of aliphatic hydroxyl groups is 1. The van der Waals surface area contributed by atoms with Gasteiger partial charge in [-0.05, 0) is 55.2 Å². The van der Waals surface area contributed by atoms with E-state index in [1.54, 1.807) is 0 Å². The summed E-state index contributed by atoms with van der Waals surface area (Å²) in [5.74, 6) is 0.663. The average Bonchev–Trinajstić information content (AvgIpc) is 2.84. The van der Waals surface area contributed by atoms with Crippen molar-refractivity contribution in [3.05, 3.63) is 17.0 Å². The van der Waals surface area contributed by atoms with Crippen LogP contribution in [0, 0.1) is 5.92 Å². The zero-order chi connectivity index (χ0) is 13.2. The molecule has 1 aromatic rings. The van der Waals surface area contributed by atoms with Gasteiger partial charge in [-0.15, -0.1) is 23.1 Å². The van der Waals surface area contributed by atoms with Crippen LogP contribution in [0.5, 0.6) is 0 Å². The Kier molecular flexibility index (Phi) is 4.52. The van der Waals surface area contributed by atoms with Crippen LogP contribution < -0.4 is 5.32 Å². The molecule has 106 valence electrons. The molecule has 0 spiro atoms. The van der Waals surface area contributed by atoms with Gasteiger partial charge in [0, 0.05) is 11.3 Å². The van der Waals surface area contributed by atoms with Crippen molar-refractivity contribution in [3.63, 3.8) is 0 Å². The van der Waals surface area contributed by atoms with Crippen LogP contribution in [0.4, 0.5) is 0 Å². The van der Waals surface area contributed by atoms with Gasteiger partial charge in [0.1, 0.15) is 0 Å². The summed E-state index contributed by atoms with van der Waals surface area (Å²) < 4.78 is 1.50. The molecule has 4 atom stereocenters. The van der Waals surface area contributed by atoms with Crippen molar-refractivity contribution in [1.29, 1.82) is 0 Å². The number of hydrogen-bond acceptors (Lipinski definition) is 4. The van der Waals surface area contributed by atoms with Crippen LogP contribution in [-0.2, 0) is 0 Å². The molecule has 2 nitrogen and oxygen atoms in total. The smallest absolute Gasteiger partial charge is 0.0649 e. The summed E-state index contributed by atoms with van der Waals surface area (Å²) in [4.78, 5) is 0. The lowest BCUT2D eigenvalue weighted by Crippen LogP contribution is -2.33. The van der Waals surface area contributed by atoms with Crippen molar-refractivity contribution in [1.82, 2.24) is 5.32 Å². The van der Waals surface area contributed by atoms with Crippen LogP contribution in [0.25, 0.3) is 0 Å². The molecule has 3 unspecified atom stereocenters. The van der Waals surface area contributed by atoms with Crippen LogP contribution in [0.2, 0.25) is 0 Å². The van der Waals surface area contributed by atoms with Crippen LogP contribution in [-0.4, -0.2) is 23.0 Å². The van der Waals surface area contributed by atoms with E-state index in [1.807, 2.05) is 23.1 Å². The summed E-state index contributed by atoms with van der Waals surface area (Å²) in [5, 5.41) is 16.4. The fourth-order valence-corrected chi connectivity index (χ4v) is 5.87. The molecule has 2 N–H and O–H groups in total. The van der Waals surface area contributed by atoms with Gasteiger partial charge in [0.15, 0.2) is 0 Å². The lowest BCUT2D eigenvalue weighted by atomic mass is 9.87. The Bertz CT molecular complexity index is 420. The molecule has 1 aliphatic carbocycles. The molecule has 0 amide bonds. The lowest BCUT2D eigenvalue weighted by Gasteiger charge is -2.31. The summed E-state index contributed by atoms with van der Waals surface area (Å²) in [6.45, 7) is 3.39. The van der Waals surface area contributed by atoms with Gasteiger partial charge in [0.25, 0.3) is 0 Å². The predicted octanol–water partition coefficient (Wildman–Crippen LogP) is 3.81. The summed E-state index contributed by atoms with van der Waals surface area (Å²) in [7, 11) is 0. The Hall–Kier alpha value is -0.0300. The van der Waals surface area contributed by atoms with E-state index in [2.05, 4.69) is 23.7 Å². The first-order valence-corrected chi connectivity index (χ1v) is 9.14. The van der Waals surface area contributed by atoms with E-state index < -0.39 is 0 Å². The molecule has 0 radical (unpaired) electrons. The summed E-state index contributed by atoms with van der Waals surface area (Å²) in [6.07, 6.45) is 5.62. The summed E-state index contributed by atoms with van der Waals surface area (Å²) >= 11 is 3.90. The van der Waals surface area contributed by atoms with E-state index in [9.17, 15) is 5.11 Å². The second kappa shape index (κ2) is 6.17. The van der Waals surface area contributed by atoms with Gasteiger partial charge in [-0.1, -0.05) is 13.3 Å². The fraction of sp³-hybridized carbons (Fsp3) is 0.733. The number of rotatable bonds is 3. The van der Waals surface area contributed by atoms with E-state index in [-0.39, 0.29) is 6.10 Å². The Morgan fingerprint density at radius 2 is 2.26 bits per heavy atom. The van der Waals surface area contributed by atoms with Crippen LogP contribution in [0.3, 0.4) is 0 Å². The number of thiophene rings is 1. The highest BCUT2D eigenvalue weighted by Gasteiger charge is 2.27. The van der Waals surface area contributed by atoms with E-state index in [0.29, 0.717) is 17.2 Å². The molecule has 0 bridgehead atoms. The van der Waals surface area contributed by atoms with Gasteiger partial charge in [0.2, 0.25) is 0 Å². The summed E-state index contributed by atoms with van der Waals surface area (Å²) in [5.41, 5.74) is 1.50. The van der Waals surface area contributed by atoms with Crippen molar-refractivity contribution >= 4 is 23.1 Å². The third-order valence-corrected chi connectivity index (χ3v) is 6.66. The second-order valence-corrected chi connectivity index (χ2v) is 8.60. The quantitative estimate of drug-likeness (QED) is 0.889. The number of fused-ring (bicyclic) bond motifs is 1. The highest BCUT2D eigenvalue weighted by Crippen LogP contribution is 2.43. The molecule has 1 aliphatic heterocycles. The number of hydrogen-bond donors (Lipinski definition) is 2. The van der Waals surface area contributed by atoms with Crippen molar-refractivity contribution in [2.45, 2.75) is 60.6 Å². The molecular weight excluding hydrogens is 274 g/mol. The van der Waals surface area contributed by atoms with Crippen LogP contribution in [0.1, 0.15) is 50.6 Å². The van der Waals surface area contributed by atoms with Gasteiger partial charge < -0.3 is 10.4 Å². The molecule has 4 heteroatoms.